The van der Waals surface area contributed by atoms with Crippen LogP contribution in [-0.2, 0) is 0 Å². The number of hydrogen-bond donors (Lipinski definition) is 0. The lowest BCUT2D eigenvalue weighted by Crippen LogP contribution is -2.36. The highest BCUT2D eigenvalue weighted by molar-refractivity contribution is 6.17. The fourth-order valence-electron chi connectivity index (χ4n) is 2.49. The maximum Gasteiger partial charge on any atom is 0.0223 e. The summed E-state index contributed by atoms with van der Waals surface area (Å²) in [5, 5.41) is 0. The molecule has 1 aliphatic heterocycles. The maximum atomic E-state index is 5.66. The van der Waals surface area contributed by atoms with Crippen LogP contribution in [0.5, 0.6) is 0 Å². The summed E-state index contributed by atoms with van der Waals surface area (Å²) >= 11 is 5.66. The quantitative estimate of drug-likeness (QED) is 0.480. The van der Waals surface area contributed by atoms with Crippen LogP contribution in [0.2, 0.25) is 0 Å². The predicted molar refractivity (Wildman–Crippen MR) is 72.3 cm³/mol. The molecule has 0 radical (unpaired) electrons. The molecular formula is C13H27ClN2. The van der Waals surface area contributed by atoms with E-state index in [1.165, 1.54) is 58.2 Å². The number of unbranched alkanes of at least 4 members (excludes halogenated alkanes) is 3. The van der Waals surface area contributed by atoms with Crippen LogP contribution in [0.4, 0.5) is 0 Å². The first-order chi connectivity index (χ1) is 7.74. The van der Waals surface area contributed by atoms with Gasteiger partial charge in [0.15, 0.2) is 0 Å². The van der Waals surface area contributed by atoms with E-state index in [9.17, 15) is 0 Å². The van der Waals surface area contributed by atoms with E-state index in [0.717, 1.165) is 11.9 Å². The van der Waals surface area contributed by atoms with Gasteiger partial charge < -0.3 is 9.80 Å². The zero-order valence-corrected chi connectivity index (χ0v) is 11.7. The third-order valence-corrected chi connectivity index (χ3v) is 3.88. The van der Waals surface area contributed by atoms with Gasteiger partial charge in [-0.15, -0.1) is 11.6 Å². The molecule has 1 unspecified atom stereocenters. The average molecular weight is 247 g/mol. The van der Waals surface area contributed by atoms with Gasteiger partial charge in [-0.05, 0) is 52.9 Å². The van der Waals surface area contributed by atoms with Crippen LogP contribution < -0.4 is 0 Å². The zero-order chi connectivity index (χ0) is 11.8. The molecule has 0 N–H and O–H groups in total. The Bertz CT molecular complexity index is 175. The summed E-state index contributed by atoms with van der Waals surface area (Å²) in [5.41, 5.74) is 0. The SMILES string of the molecule is CN(CCCCCCCl)CC1CCCN1C. The minimum absolute atomic E-state index is 0.799. The third kappa shape index (κ3) is 5.51. The van der Waals surface area contributed by atoms with Crippen LogP contribution in [0.3, 0.4) is 0 Å². The molecule has 0 aliphatic carbocycles. The Labute approximate surface area is 106 Å². The zero-order valence-electron chi connectivity index (χ0n) is 10.9. The van der Waals surface area contributed by atoms with Gasteiger partial charge >= 0.3 is 0 Å². The van der Waals surface area contributed by atoms with Crippen molar-refractivity contribution in [2.45, 2.75) is 44.6 Å². The summed E-state index contributed by atoms with van der Waals surface area (Å²) in [6.45, 7) is 3.77. The summed E-state index contributed by atoms with van der Waals surface area (Å²) < 4.78 is 0. The fourth-order valence-corrected chi connectivity index (χ4v) is 2.68. The van der Waals surface area contributed by atoms with E-state index in [0.29, 0.717) is 0 Å². The molecule has 0 aromatic rings. The van der Waals surface area contributed by atoms with Crippen molar-refractivity contribution >= 4 is 11.6 Å². The first-order valence-corrected chi connectivity index (χ1v) is 7.22. The van der Waals surface area contributed by atoms with Gasteiger partial charge in [0.05, 0.1) is 0 Å². The Morgan fingerprint density at radius 3 is 2.62 bits per heavy atom. The average Bonchev–Trinajstić information content (AvgIpc) is 2.64. The first-order valence-electron chi connectivity index (χ1n) is 6.69. The van der Waals surface area contributed by atoms with Crippen LogP contribution in [0, 0.1) is 0 Å². The van der Waals surface area contributed by atoms with E-state index < -0.39 is 0 Å². The van der Waals surface area contributed by atoms with E-state index in [-0.39, 0.29) is 0 Å². The van der Waals surface area contributed by atoms with Crippen molar-refractivity contribution in [2.75, 3.05) is 39.6 Å². The molecule has 1 heterocycles. The number of rotatable bonds is 8. The number of likely N-dealkylation sites (N-methyl/N-ethyl adjacent to an activating group) is 2. The predicted octanol–water partition coefficient (Wildman–Crippen LogP) is 2.81. The van der Waals surface area contributed by atoms with Crippen LogP contribution >= 0.6 is 11.6 Å². The molecular weight excluding hydrogens is 220 g/mol. The van der Waals surface area contributed by atoms with Gasteiger partial charge in [-0.1, -0.05) is 12.8 Å². The van der Waals surface area contributed by atoms with Crippen molar-refractivity contribution in [3.05, 3.63) is 0 Å². The molecule has 96 valence electrons. The van der Waals surface area contributed by atoms with E-state index in [1.807, 2.05) is 0 Å². The Morgan fingerprint density at radius 2 is 2.00 bits per heavy atom. The molecule has 0 bridgehead atoms. The van der Waals surface area contributed by atoms with Gasteiger partial charge in [0.25, 0.3) is 0 Å². The number of alkyl halides is 1. The Kier molecular flexibility index (Phi) is 7.42. The van der Waals surface area contributed by atoms with Crippen LogP contribution in [0.25, 0.3) is 0 Å². The number of nitrogens with zero attached hydrogens (tertiary/aromatic N) is 2. The Morgan fingerprint density at radius 1 is 1.25 bits per heavy atom. The second-order valence-corrected chi connectivity index (χ2v) is 5.52. The van der Waals surface area contributed by atoms with Crippen molar-refractivity contribution < 1.29 is 0 Å². The maximum absolute atomic E-state index is 5.66. The highest BCUT2D eigenvalue weighted by atomic mass is 35.5. The summed E-state index contributed by atoms with van der Waals surface area (Å²) in [6, 6.07) is 0.799. The van der Waals surface area contributed by atoms with E-state index in [1.54, 1.807) is 0 Å². The third-order valence-electron chi connectivity index (χ3n) is 3.62. The molecule has 0 spiro atoms. The van der Waals surface area contributed by atoms with Crippen LogP contribution in [0.1, 0.15) is 38.5 Å². The first kappa shape index (κ1) is 14.3. The molecule has 0 aromatic carbocycles. The largest absolute Gasteiger partial charge is 0.305 e. The molecule has 1 saturated heterocycles. The van der Waals surface area contributed by atoms with Gasteiger partial charge in [0.1, 0.15) is 0 Å². The fraction of sp³-hybridized carbons (Fsp3) is 1.00. The van der Waals surface area contributed by atoms with Gasteiger partial charge in [-0.25, -0.2) is 0 Å². The smallest absolute Gasteiger partial charge is 0.0223 e. The highest BCUT2D eigenvalue weighted by Gasteiger charge is 2.21. The summed E-state index contributed by atoms with van der Waals surface area (Å²) in [6.07, 6.45) is 7.89. The number of halogens is 1. The van der Waals surface area contributed by atoms with Gasteiger partial charge in [0.2, 0.25) is 0 Å². The lowest BCUT2D eigenvalue weighted by atomic mass is 10.2. The Balaban J connectivity index is 1.99. The molecule has 16 heavy (non-hydrogen) atoms. The molecule has 3 heteroatoms. The number of likely N-dealkylation sites (tertiary alicyclic amines) is 1. The van der Waals surface area contributed by atoms with Crippen molar-refractivity contribution in [1.82, 2.24) is 9.80 Å². The second kappa shape index (κ2) is 8.32. The van der Waals surface area contributed by atoms with Crippen molar-refractivity contribution in [2.24, 2.45) is 0 Å². The molecule has 1 fully saturated rings. The van der Waals surface area contributed by atoms with E-state index in [4.69, 9.17) is 11.6 Å². The van der Waals surface area contributed by atoms with Gasteiger partial charge in [-0.2, -0.15) is 0 Å². The minimum Gasteiger partial charge on any atom is -0.305 e. The Hall–Kier alpha value is 0.210. The minimum atomic E-state index is 0.799. The number of hydrogen-bond acceptors (Lipinski definition) is 2. The molecule has 0 amide bonds. The highest BCUT2D eigenvalue weighted by Crippen LogP contribution is 2.15. The molecule has 2 nitrogen and oxygen atoms in total. The van der Waals surface area contributed by atoms with Crippen molar-refractivity contribution in [3.63, 3.8) is 0 Å². The van der Waals surface area contributed by atoms with Crippen LogP contribution in [0.15, 0.2) is 0 Å². The lowest BCUT2D eigenvalue weighted by molar-refractivity contribution is 0.217. The molecule has 0 saturated carbocycles. The van der Waals surface area contributed by atoms with E-state index >= 15 is 0 Å². The molecule has 1 aliphatic rings. The summed E-state index contributed by atoms with van der Waals surface area (Å²) in [5.74, 6) is 0.822. The van der Waals surface area contributed by atoms with Crippen molar-refractivity contribution in [3.8, 4) is 0 Å². The molecule has 0 aromatic heterocycles. The van der Waals surface area contributed by atoms with Gasteiger partial charge in [0, 0.05) is 18.5 Å². The lowest BCUT2D eigenvalue weighted by Gasteiger charge is -2.25. The monoisotopic (exact) mass is 246 g/mol. The summed E-state index contributed by atoms with van der Waals surface area (Å²) in [4.78, 5) is 5.00. The normalized spacial score (nSPS) is 22.1. The topological polar surface area (TPSA) is 6.48 Å². The molecule has 1 atom stereocenters. The van der Waals surface area contributed by atoms with Crippen molar-refractivity contribution in [1.29, 1.82) is 0 Å². The summed E-state index contributed by atoms with van der Waals surface area (Å²) in [7, 11) is 4.51. The second-order valence-electron chi connectivity index (χ2n) is 5.14. The molecule has 1 rings (SSSR count). The standard InChI is InChI=1S/C13H27ClN2/c1-15(10-6-4-3-5-9-14)12-13-8-7-11-16(13)2/h13H,3-12H2,1-2H3. The van der Waals surface area contributed by atoms with E-state index in [2.05, 4.69) is 23.9 Å². The van der Waals surface area contributed by atoms with Gasteiger partial charge in [-0.3, -0.25) is 0 Å². The van der Waals surface area contributed by atoms with Crippen LogP contribution in [-0.4, -0.2) is 55.5 Å².